The minimum atomic E-state index is -1.18. The van der Waals surface area contributed by atoms with Gasteiger partial charge in [0.1, 0.15) is 19.8 Å². The van der Waals surface area contributed by atoms with Crippen LogP contribution < -0.4 is 14.8 Å². The molecular weight excluding hydrogens is 352 g/mol. The SMILES string of the molecule is O=C(Cn1cc(C(=O)O)nn1)NC1(c2ccc3c(c2)OCCO3)CCCC1. The van der Waals surface area contributed by atoms with E-state index in [1.807, 2.05) is 18.2 Å². The molecular formula is C18H20N4O5. The molecule has 0 radical (unpaired) electrons. The predicted octanol–water partition coefficient (Wildman–Crippen LogP) is 1.33. The van der Waals surface area contributed by atoms with Gasteiger partial charge in [-0.05, 0) is 30.5 Å². The van der Waals surface area contributed by atoms with Crippen LogP contribution in [-0.4, -0.2) is 45.2 Å². The van der Waals surface area contributed by atoms with Crippen LogP contribution in [0.1, 0.15) is 41.7 Å². The van der Waals surface area contributed by atoms with E-state index in [0.717, 1.165) is 31.2 Å². The van der Waals surface area contributed by atoms with Gasteiger partial charge in [-0.15, -0.1) is 5.10 Å². The highest BCUT2D eigenvalue weighted by atomic mass is 16.6. The van der Waals surface area contributed by atoms with Crippen molar-refractivity contribution in [3.05, 3.63) is 35.7 Å². The summed E-state index contributed by atoms with van der Waals surface area (Å²) in [5, 5.41) is 19.3. The van der Waals surface area contributed by atoms with Crippen LogP contribution in [0.15, 0.2) is 24.4 Å². The number of nitrogens with one attached hydrogen (secondary N) is 1. The van der Waals surface area contributed by atoms with E-state index in [9.17, 15) is 9.59 Å². The van der Waals surface area contributed by atoms with Gasteiger partial charge in [0.05, 0.1) is 11.7 Å². The number of nitrogens with zero attached hydrogens (tertiary/aromatic N) is 3. The van der Waals surface area contributed by atoms with E-state index < -0.39 is 11.5 Å². The summed E-state index contributed by atoms with van der Waals surface area (Å²) in [5.74, 6) is -0.00577. The van der Waals surface area contributed by atoms with Gasteiger partial charge >= 0.3 is 5.97 Å². The Morgan fingerprint density at radius 3 is 2.63 bits per heavy atom. The Morgan fingerprint density at radius 2 is 1.93 bits per heavy atom. The van der Waals surface area contributed by atoms with Crippen molar-refractivity contribution in [2.24, 2.45) is 0 Å². The minimum Gasteiger partial charge on any atom is -0.486 e. The number of fused-ring (bicyclic) bond motifs is 1. The summed E-state index contributed by atoms with van der Waals surface area (Å²) in [7, 11) is 0. The number of hydrogen-bond acceptors (Lipinski definition) is 6. The van der Waals surface area contributed by atoms with Crippen LogP contribution in [-0.2, 0) is 16.9 Å². The third-order valence-electron chi connectivity index (χ3n) is 4.99. The molecule has 1 fully saturated rings. The van der Waals surface area contributed by atoms with E-state index in [0.29, 0.717) is 24.7 Å². The Morgan fingerprint density at radius 1 is 1.19 bits per heavy atom. The van der Waals surface area contributed by atoms with Gasteiger partial charge in [-0.3, -0.25) is 4.79 Å². The average Bonchev–Trinajstić information content (AvgIpc) is 3.32. The van der Waals surface area contributed by atoms with Crippen molar-refractivity contribution in [2.45, 2.75) is 37.8 Å². The number of carboxylic acid groups (broad SMARTS) is 1. The van der Waals surface area contributed by atoms with Gasteiger partial charge in [0, 0.05) is 0 Å². The molecule has 0 bridgehead atoms. The van der Waals surface area contributed by atoms with Crippen LogP contribution in [0.3, 0.4) is 0 Å². The molecule has 9 heteroatoms. The highest BCUT2D eigenvalue weighted by Crippen LogP contribution is 2.42. The molecule has 0 atom stereocenters. The molecule has 0 unspecified atom stereocenters. The number of rotatable bonds is 5. The van der Waals surface area contributed by atoms with Gasteiger partial charge in [0.2, 0.25) is 5.91 Å². The lowest BCUT2D eigenvalue weighted by Crippen LogP contribution is -2.45. The number of carbonyl (C=O) groups is 2. The largest absolute Gasteiger partial charge is 0.486 e. The molecule has 2 heterocycles. The first-order chi connectivity index (χ1) is 13.1. The van der Waals surface area contributed by atoms with Gasteiger partial charge in [-0.25, -0.2) is 9.48 Å². The van der Waals surface area contributed by atoms with E-state index >= 15 is 0 Å². The number of carboxylic acids is 1. The number of carbonyl (C=O) groups excluding carboxylic acids is 1. The van der Waals surface area contributed by atoms with E-state index in [2.05, 4.69) is 15.6 Å². The Hall–Kier alpha value is -3.10. The summed E-state index contributed by atoms with van der Waals surface area (Å²) >= 11 is 0. The van der Waals surface area contributed by atoms with Crippen molar-refractivity contribution >= 4 is 11.9 Å². The molecule has 2 aliphatic rings. The van der Waals surface area contributed by atoms with Gasteiger partial charge in [-0.2, -0.15) is 0 Å². The number of aromatic nitrogens is 3. The smallest absolute Gasteiger partial charge is 0.358 e. The maximum absolute atomic E-state index is 12.6. The second kappa shape index (κ2) is 6.90. The van der Waals surface area contributed by atoms with Crippen molar-refractivity contribution in [1.29, 1.82) is 0 Å². The summed E-state index contributed by atoms with van der Waals surface area (Å²) < 4.78 is 12.5. The summed E-state index contributed by atoms with van der Waals surface area (Å²) in [4.78, 5) is 23.5. The zero-order valence-electron chi connectivity index (χ0n) is 14.7. The maximum atomic E-state index is 12.6. The highest BCUT2D eigenvalue weighted by Gasteiger charge is 2.38. The zero-order valence-corrected chi connectivity index (χ0v) is 14.7. The van der Waals surface area contributed by atoms with Crippen LogP contribution in [0.4, 0.5) is 0 Å². The maximum Gasteiger partial charge on any atom is 0.358 e. The van der Waals surface area contributed by atoms with Crippen LogP contribution in [0.5, 0.6) is 11.5 Å². The Balaban J connectivity index is 1.53. The second-order valence-corrected chi connectivity index (χ2v) is 6.80. The summed E-state index contributed by atoms with van der Waals surface area (Å²) in [6.45, 7) is 0.949. The highest BCUT2D eigenvalue weighted by molar-refractivity contribution is 5.84. The molecule has 1 amide bonds. The van der Waals surface area contributed by atoms with Gasteiger partial charge in [0.25, 0.3) is 0 Å². The summed E-state index contributed by atoms with van der Waals surface area (Å²) in [5.41, 5.74) is 0.330. The second-order valence-electron chi connectivity index (χ2n) is 6.80. The number of ether oxygens (including phenoxy) is 2. The van der Waals surface area contributed by atoms with E-state index in [-0.39, 0.29) is 18.1 Å². The molecule has 4 rings (SSSR count). The lowest BCUT2D eigenvalue weighted by Gasteiger charge is -2.32. The number of hydrogen-bond donors (Lipinski definition) is 2. The zero-order chi connectivity index (χ0) is 18.9. The molecule has 0 saturated heterocycles. The van der Waals surface area contributed by atoms with Crippen LogP contribution >= 0.6 is 0 Å². The number of aromatic carboxylic acids is 1. The van der Waals surface area contributed by atoms with Crippen molar-refractivity contribution in [3.8, 4) is 11.5 Å². The Kier molecular flexibility index (Phi) is 4.43. The number of benzene rings is 1. The van der Waals surface area contributed by atoms with Crippen LogP contribution in [0.25, 0.3) is 0 Å². The van der Waals surface area contributed by atoms with Crippen molar-refractivity contribution in [1.82, 2.24) is 20.3 Å². The predicted molar refractivity (Wildman–Crippen MR) is 92.7 cm³/mol. The normalized spacial score (nSPS) is 17.5. The first-order valence-corrected chi connectivity index (χ1v) is 8.90. The molecule has 9 nitrogen and oxygen atoms in total. The van der Waals surface area contributed by atoms with Crippen molar-refractivity contribution in [2.75, 3.05) is 13.2 Å². The molecule has 2 N–H and O–H groups in total. The standard InChI is InChI=1S/C18H20N4O5/c23-16(11-22-10-13(17(24)25)20-21-22)19-18(5-1-2-6-18)12-3-4-14-15(9-12)27-8-7-26-14/h3-4,9-10H,1-2,5-8,11H2,(H,19,23)(H,24,25). The summed E-state index contributed by atoms with van der Waals surface area (Å²) in [6, 6.07) is 5.79. The molecule has 0 spiro atoms. The van der Waals surface area contributed by atoms with Crippen LogP contribution in [0, 0.1) is 0 Å². The fraction of sp³-hybridized carbons (Fsp3) is 0.444. The van der Waals surface area contributed by atoms with Crippen LogP contribution in [0.2, 0.25) is 0 Å². The molecule has 1 aromatic heterocycles. The third kappa shape index (κ3) is 3.44. The fourth-order valence-electron chi connectivity index (χ4n) is 3.73. The first-order valence-electron chi connectivity index (χ1n) is 8.90. The average molecular weight is 372 g/mol. The monoisotopic (exact) mass is 372 g/mol. The molecule has 142 valence electrons. The van der Waals surface area contributed by atoms with Crippen molar-refractivity contribution in [3.63, 3.8) is 0 Å². The van der Waals surface area contributed by atoms with E-state index in [1.54, 1.807) is 0 Å². The summed E-state index contributed by atoms with van der Waals surface area (Å²) in [6.07, 6.45) is 4.93. The molecule has 1 aliphatic heterocycles. The molecule has 2 aromatic rings. The van der Waals surface area contributed by atoms with Gasteiger partial charge in [0.15, 0.2) is 17.2 Å². The van der Waals surface area contributed by atoms with Gasteiger partial charge in [-0.1, -0.05) is 24.1 Å². The van der Waals surface area contributed by atoms with Crippen molar-refractivity contribution < 1.29 is 24.2 Å². The molecule has 1 saturated carbocycles. The van der Waals surface area contributed by atoms with Gasteiger partial charge < -0.3 is 19.9 Å². The quantitative estimate of drug-likeness (QED) is 0.813. The number of amides is 1. The Bertz CT molecular complexity index is 872. The Labute approximate surface area is 155 Å². The molecule has 1 aromatic carbocycles. The van der Waals surface area contributed by atoms with E-state index in [4.69, 9.17) is 14.6 Å². The lowest BCUT2D eigenvalue weighted by atomic mass is 9.87. The molecule has 27 heavy (non-hydrogen) atoms. The fourth-order valence-corrected chi connectivity index (χ4v) is 3.73. The van der Waals surface area contributed by atoms with E-state index in [1.165, 1.54) is 10.9 Å². The molecule has 1 aliphatic carbocycles. The first kappa shape index (κ1) is 17.3. The topological polar surface area (TPSA) is 116 Å². The minimum absolute atomic E-state index is 0.0907. The third-order valence-corrected chi connectivity index (χ3v) is 4.99. The lowest BCUT2D eigenvalue weighted by molar-refractivity contribution is -0.124.